The molecule has 0 saturated carbocycles. The van der Waals surface area contributed by atoms with Crippen LogP contribution in [0, 0.1) is 0 Å². The summed E-state index contributed by atoms with van der Waals surface area (Å²) in [5, 5.41) is 0.433. The second-order valence-electron chi connectivity index (χ2n) is 5.49. The molecule has 0 amide bonds. The number of hydrogen-bond donors (Lipinski definition) is 0. The molecule has 1 atom stereocenters. The highest BCUT2D eigenvalue weighted by Gasteiger charge is 2.42. The first-order valence-electron chi connectivity index (χ1n) is 6.90. The average Bonchev–Trinajstić information content (AvgIpc) is 2.51. The number of ketones is 1. The van der Waals surface area contributed by atoms with Gasteiger partial charge in [-0.15, -0.1) is 0 Å². The van der Waals surface area contributed by atoms with Crippen molar-refractivity contribution >= 4 is 17.4 Å². The molecule has 1 aliphatic rings. The highest BCUT2D eigenvalue weighted by molar-refractivity contribution is 6.29. The quantitative estimate of drug-likeness (QED) is 0.791. The van der Waals surface area contributed by atoms with E-state index in [4.69, 9.17) is 16.3 Å². The number of aryl methyl sites for hydroxylation is 1. The SMILES string of the molecule is COc1ccccc1C1(C)CCc2nc(Cl)ccc2C1=O. The molecule has 0 bridgehead atoms. The number of para-hydroxylation sites is 1. The molecular weight excluding hydrogens is 286 g/mol. The number of halogens is 1. The summed E-state index contributed by atoms with van der Waals surface area (Å²) < 4.78 is 5.43. The third kappa shape index (κ3) is 2.22. The number of Topliss-reactive ketones (excluding diaryl/α,β-unsaturated/α-hetero) is 1. The molecule has 0 saturated heterocycles. The first kappa shape index (κ1) is 14.1. The summed E-state index contributed by atoms with van der Waals surface area (Å²) in [5.41, 5.74) is 1.80. The summed E-state index contributed by atoms with van der Waals surface area (Å²) in [6.07, 6.45) is 1.43. The van der Waals surface area contributed by atoms with Crippen LogP contribution in [0.1, 0.15) is 35.0 Å². The summed E-state index contributed by atoms with van der Waals surface area (Å²) >= 11 is 5.92. The highest BCUT2D eigenvalue weighted by atomic mass is 35.5. The topological polar surface area (TPSA) is 39.2 Å². The van der Waals surface area contributed by atoms with E-state index in [9.17, 15) is 4.79 Å². The number of fused-ring (bicyclic) bond motifs is 1. The lowest BCUT2D eigenvalue weighted by atomic mass is 9.68. The van der Waals surface area contributed by atoms with Gasteiger partial charge in [0.25, 0.3) is 0 Å². The van der Waals surface area contributed by atoms with Crippen molar-refractivity contribution in [2.45, 2.75) is 25.2 Å². The Bertz CT molecular complexity index is 714. The molecule has 0 spiro atoms. The maximum atomic E-state index is 13.0. The fourth-order valence-electron chi connectivity index (χ4n) is 3.01. The van der Waals surface area contributed by atoms with E-state index < -0.39 is 5.41 Å². The van der Waals surface area contributed by atoms with Crippen LogP contribution in [-0.4, -0.2) is 17.9 Å². The second-order valence-corrected chi connectivity index (χ2v) is 5.88. The van der Waals surface area contributed by atoms with Crippen molar-refractivity contribution in [3.8, 4) is 5.75 Å². The summed E-state index contributed by atoms with van der Waals surface area (Å²) in [7, 11) is 1.63. The Balaban J connectivity index is 2.11. The normalized spacial score (nSPS) is 21.0. The third-order valence-electron chi connectivity index (χ3n) is 4.25. The smallest absolute Gasteiger partial charge is 0.175 e. The molecule has 108 valence electrons. The minimum atomic E-state index is -0.588. The minimum absolute atomic E-state index is 0.0809. The Hall–Kier alpha value is -1.87. The van der Waals surface area contributed by atoms with Gasteiger partial charge in [-0.25, -0.2) is 4.98 Å². The molecule has 21 heavy (non-hydrogen) atoms. The van der Waals surface area contributed by atoms with Gasteiger partial charge in [-0.1, -0.05) is 29.8 Å². The van der Waals surface area contributed by atoms with Gasteiger partial charge >= 0.3 is 0 Å². The fourth-order valence-corrected chi connectivity index (χ4v) is 3.17. The molecular formula is C17H16ClNO2. The second kappa shape index (κ2) is 5.15. The van der Waals surface area contributed by atoms with Crippen LogP contribution < -0.4 is 4.74 Å². The van der Waals surface area contributed by atoms with Crippen LogP contribution in [0.4, 0.5) is 0 Å². The van der Waals surface area contributed by atoms with E-state index in [1.165, 1.54) is 0 Å². The molecule has 4 heteroatoms. The van der Waals surface area contributed by atoms with Gasteiger partial charge in [0.15, 0.2) is 5.78 Å². The van der Waals surface area contributed by atoms with Gasteiger partial charge in [0.1, 0.15) is 10.9 Å². The number of rotatable bonds is 2. The van der Waals surface area contributed by atoms with Crippen LogP contribution in [0.2, 0.25) is 5.15 Å². The van der Waals surface area contributed by atoms with E-state index in [1.807, 2.05) is 31.2 Å². The van der Waals surface area contributed by atoms with Crippen molar-refractivity contribution < 1.29 is 9.53 Å². The van der Waals surface area contributed by atoms with E-state index in [-0.39, 0.29) is 5.78 Å². The third-order valence-corrected chi connectivity index (χ3v) is 4.46. The molecule has 0 radical (unpaired) electrons. The number of hydrogen-bond acceptors (Lipinski definition) is 3. The van der Waals surface area contributed by atoms with Crippen LogP contribution in [0.5, 0.6) is 5.75 Å². The molecule has 1 aromatic heterocycles. The molecule has 1 aromatic carbocycles. The highest BCUT2D eigenvalue weighted by Crippen LogP contribution is 2.41. The number of nitrogens with zero attached hydrogens (tertiary/aromatic N) is 1. The molecule has 2 aromatic rings. The summed E-state index contributed by atoms with van der Waals surface area (Å²) in [4.78, 5) is 17.3. The Morgan fingerprint density at radius 2 is 2.00 bits per heavy atom. The number of methoxy groups -OCH3 is 1. The molecule has 0 fully saturated rings. The fraction of sp³-hybridized carbons (Fsp3) is 0.294. The number of aromatic nitrogens is 1. The number of carbonyl (C=O) groups excluding carboxylic acids is 1. The van der Waals surface area contributed by atoms with Crippen molar-refractivity contribution in [1.29, 1.82) is 0 Å². The van der Waals surface area contributed by atoms with Crippen molar-refractivity contribution in [2.24, 2.45) is 0 Å². The largest absolute Gasteiger partial charge is 0.496 e. The van der Waals surface area contributed by atoms with Gasteiger partial charge < -0.3 is 4.74 Å². The van der Waals surface area contributed by atoms with E-state index in [0.717, 1.165) is 23.4 Å². The van der Waals surface area contributed by atoms with Gasteiger partial charge in [0.2, 0.25) is 0 Å². The van der Waals surface area contributed by atoms with Crippen molar-refractivity contribution in [1.82, 2.24) is 4.98 Å². The van der Waals surface area contributed by atoms with Gasteiger partial charge in [0.05, 0.1) is 18.2 Å². The summed E-state index contributed by atoms with van der Waals surface area (Å²) in [6.45, 7) is 1.98. The van der Waals surface area contributed by atoms with E-state index in [2.05, 4.69) is 4.98 Å². The van der Waals surface area contributed by atoms with Crippen LogP contribution >= 0.6 is 11.6 Å². The maximum absolute atomic E-state index is 13.0. The van der Waals surface area contributed by atoms with E-state index in [1.54, 1.807) is 19.2 Å². The molecule has 0 aliphatic heterocycles. The monoisotopic (exact) mass is 301 g/mol. The van der Waals surface area contributed by atoms with Gasteiger partial charge in [0, 0.05) is 11.1 Å². The standard InChI is InChI=1S/C17H16ClNO2/c1-17(12-5-3-4-6-14(12)21-2)10-9-13-11(16(17)20)7-8-15(18)19-13/h3-8H,9-10H2,1-2H3. The average molecular weight is 302 g/mol. The Kier molecular flexibility index (Phi) is 3.46. The lowest BCUT2D eigenvalue weighted by molar-refractivity contribution is 0.0871. The van der Waals surface area contributed by atoms with Crippen LogP contribution in [-0.2, 0) is 11.8 Å². The van der Waals surface area contributed by atoms with Crippen molar-refractivity contribution in [3.63, 3.8) is 0 Å². The molecule has 1 unspecified atom stereocenters. The first-order valence-corrected chi connectivity index (χ1v) is 7.28. The van der Waals surface area contributed by atoms with Crippen LogP contribution in [0.25, 0.3) is 0 Å². The van der Waals surface area contributed by atoms with Crippen molar-refractivity contribution in [2.75, 3.05) is 7.11 Å². The molecule has 0 N–H and O–H groups in total. The Morgan fingerprint density at radius 1 is 1.24 bits per heavy atom. The van der Waals surface area contributed by atoms with Crippen LogP contribution in [0.3, 0.4) is 0 Å². The number of benzene rings is 1. The number of ether oxygens (including phenoxy) is 1. The van der Waals surface area contributed by atoms with Crippen LogP contribution in [0.15, 0.2) is 36.4 Å². The first-order chi connectivity index (χ1) is 10.1. The van der Waals surface area contributed by atoms with Crippen molar-refractivity contribution in [3.05, 3.63) is 58.4 Å². The zero-order valence-corrected chi connectivity index (χ0v) is 12.8. The van der Waals surface area contributed by atoms with Gasteiger partial charge in [-0.3, -0.25) is 4.79 Å². The van der Waals surface area contributed by atoms with E-state index >= 15 is 0 Å². The maximum Gasteiger partial charge on any atom is 0.175 e. The lowest BCUT2D eigenvalue weighted by Gasteiger charge is -2.34. The predicted molar refractivity (Wildman–Crippen MR) is 82.2 cm³/mol. The lowest BCUT2D eigenvalue weighted by Crippen LogP contribution is -2.38. The minimum Gasteiger partial charge on any atom is -0.496 e. The Labute approximate surface area is 128 Å². The predicted octanol–water partition coefficient (Wildman–Crippen LogP) is 3.83. The summed E-state index contributed by atoms with van der Waals surface area (Å²) in [5.74, 6) is 0.830. The number of carbonyl (C=O) groups is 1. The zero-order valence-electron chi connectivity index (χ0n) is 12.0. The molecule has 3 nitrogen and oxygen atoms in total. The molecule has 1 aliphatic carbocycles. The summed E-state index contributed by atoms with van der Waals surface area (Å²) in [6, 6.07) is 11.2. The van der Waals surface area contributed by atoms with Gasteiger partial charge in [-0.05, 0) is 38.0 Å². The van der Waals surface area contributed by atoms with E-state index in [0.29, 0.717) is 17.1 Å². The number of pyridine rings is 1. The molecule has 3 rings (SSSR count). The zero-order chi connectivity index (χ0) is 15.0. The molecule has 1 heterocycles. The Morgan fingerprint density at radius 3 is 2.76 bits per heavy atom. The van der Waals surface area contributed by atoms with Gasteiger partial charge in [-0.2, -0.15) is 0 Å².